The lowest BCUT2D eigenvalue weighted by Crippen LogP contribution is -2.24. The molecule has 1 N–H and O–H groups in total. The second-order valence-corrected chi connectivity index (χ2v) is 4.33. The standard InChI is InChI=1S/C11H24N2O/c1-13(2)9-4-7-12-8-6-11-5-3-10-14-11/h11-12H,3-10H2,1-2H3. The highest BCUT2D eigenvalue weighted by atomic mass is 16.5. The van der Waals surface area contributed by atoms with Gasteiger partial charge in [0.2, 0.25) is 0 Å². The first-order valence-electron chi connectivity index (χ1n) is 5.76. The lowest BCUT2D eigenvalue weighted by molar-refractivity contribution is 0.104. The van der Waals surface area contributed by atoms with Gasteiger partial charge in [0.15, 0.2) is 0 Å². The van der Waals surface area contributed by atoms with Crippen LogP contribution in [0.4, 0.5) is 0 Å². The Labute approximate surface area is 87.8 Å². The topological polar surface area (TPSA) is 24.5 Å². The van der Waals surface area contributed by atoms with Crippen molar-refractivity contribution in [1.82, 2.24) is 10.2 Å². The van der Waals surface area contributed by atoms with E-state index in [1.807, 2.05) is 0 Å². The summed E-state index contributed by atoms with van der Waals surface area (Å²) in [5.41, 5.74) is 0. The average Bonchev–Trinajstić information content (AvgIpc) is 2.63. The summed E-state index contributed by atoms with van der Waals surface area (Å²) in [5, 5.41) is 3.46. The predicted octanol–water partition coefficient (Wildman–Crippen LogP) is 1.10. The van der Waals surface area contributed by atoms with Gasteiger partial charge in [0.05, 0.1) is 6.10 Å². The van der Waals surface area contributed by atoms with E-state index >= 15 is 0 Å². The highest BCUT2D eigenvalue weighted by Crippen LogP contribution is 2.14. The first-order valence-corrected chi connectivity index (χ1v) is 5.76. The molecular weight excluding hydrogens is 176 g/mol. The fourth-order valence-corrected chi connectivity index (χ4v) is 1.78. The van der Waals surface area contributed by atoms with E-state index in [0.717, 1.165) is 19.7 Å². The van der Waals surface area contributed by atoms with Gasteiger partial charge in [-0.25, -0.2) is 0 Å². The van der Waals surface area contributed by atoms with E-state index in [9.17, 15) is 0 Å². The smallest absolute Gasteiger partial charge is 0.0588 e. The normalized spacial score (nSPS) is 22.1. The molecule has 0 saturated carbocycles. The first-order chi connectivity index (χ1) is 6.79. The Bertz CT molecular complexity index is 133. The molecule has 14 heavy (non-hydrogen) atoms. The van der Waals surface area contributed by atoms with Crippen LogP contribution in [0.1, 0.15) is 25.7 Å². The molecule has 3 nitrogen and oxygen atoms in total. The van der Waals surface area contributed by atoms with Crippen molar-refractivity contribution in [2.45, 2.75) is 31.8 Å². The van der Waals surface area contributed by atoms with Crippen molar-refractivity contribution in [3.05, 3.63) is 0 Å². The minimum atomic E-state index is 0.538. The molecule has 1 fully saturated rings. The van der Waals surface area contributed by atoms with E-state index < -0.39 is 0 Å². The Morgan fingerprint density at radius 1 is 1.36 bits per heavy atom. The van der Waals surface area contributed by atoms with Crippen molar-refractivity contribution in [3.8, 4) is 0 Å². The van der Waals surface area contributed by atoms with E-state index in [1.165, 1.54) is 32.2 Å². The monoisotopic (exact) mass is 200 g/mol. The zero-order valence-electron chi connectivity index (χ0n) is 9.59. The summed E-state index contributed by atoms with van der Waals surface area (Å²) in [6.45, 7) is 4.39. The molecule has 3 heteroatoms. The predicted molar refractivity (Wildman–Crippen MR) is 59.6 cm³/mol. The molecule has 1 heterocycles. The van der Waals surface area contributed by atoms with Gasteiger partial charge in [0.25, 0.3) is 0 Å². The Morgan fingerprint density at radius 2 is 2.21 bits per heavy atom. The average molecular weight is 200 g/mol. The largest absolute Gasteiger partial charge is 0.378 e. The molecule has 1 aliphatic heterocycles. The van der Waals surface area contributed by atoms with Crippen LogP contribution >= 0.6 is 0 Å². The van der Waals surface area contributed by atoms with Crippen molar-refractivity contribution in [2.24, 2.45) is 0 Å². The number of hydrogen-bond donors (Lipinski definition) is 1. The third-order valence-corrected chi connectivity index (χ3v) is 2.63. The molecule has 0 amide bonds. The quantitative estimate of drug-likeness (QED) is 0.623. The summed E-state index contributed by atoms with van der Waals surface area (Å²) in [5.74, 6) is 0. The number of nitrogens with zero attached hydrogens (tertiary/aromatic N) is 1. The molecule has 1 unspecified atom stereocenters. The molecule has 1 rings (SSSR count). The van der Waals surface area contributed by atoms with Crippen LogP contribution in [0, 0.1) is 0 Å². The molecule has 0 aromatic carbocycles. The Morgan fingerprint density at radius 3 is 2.86 bits per heavy atom. The molecule has 1 saturated heterocycles. The summed E-state index contributed by atoms with van der Waals surface area (Å²) >= 11 is 0. The second-order valence-electron chi connectivity index (χ2n) is 4.33. The molecule has 84 valence electrons. The summed E-state index contributed by atoms with van der Waals surface area (Å²) in [6, 6.07) is 0. The fourth-order valence-electron chi connectivity index (χ4n) is 1.78. The van der Waals surface area contributed by atoms with Crippen molar-refractivity contribution < 1.29 is 4.74 Å². The van der Waals surface area contributed by atoms with Gasteiger partial charge >= 0.3 is 0 Å². The summed E-state index contributed by atoms with van der Waals surface area (Å²) in [7, 11) is 4.23. The van der Waals surface area contributed by atoms with Crippen LogP contribution in [0.3, 0.4) is 0 Å². The maximum Gasteiger partial charge on any atom is 0.0588 e. The van der Waals surface area contributed by atoms with Crippen LogP contribution < -0.4 is 5.32 Å². The number of nitrogens with one attached hydrogen (secondary N) is 1. The van der Waals surface area contributed by atoms with Crippen LogP contribution in [0.2, 0.25) is 0 Å². The second kappa shape index (κ2) is 7.21. The molecular formula is C11H24N2O. The number of ether oxygens (including phenoxy) is 1. The third-order valence-electron chi connectivity index (χ3n) is 2.63. The van der Waals surface area contributed by atoms with E-state index in [0.29, 0.717) is 6.10 Å². The highest BCUT2D eigenvalue weighted by molar-refractivity contribution is 4.65. The molecule has 0 spiro atoms. The lowest BCUT2D eigenvalue weighted by Gasteiger charge is -2.11. The van der Waals surface area contributed by atoms with Crippen molar-refractivity contribution in [2.75, 3.05) is 40.3 Å². The Balaban J connectivity index is 1.79. The Hall–Kier alpha value is -0.120. The molecule has 0 bridgehead atoms. The minimum Gasteiger partial charge on any atom is -0.378 e. The minimum absolute atomic E-state index is 0.538. The van der Waals surface area contributed by atoms with Gasteiger partial charge in [-0.2, -0.15) is 0 Å². The summed E-state index contributed by atoms with van der Waals surface area (Å²) in [6.07, 6.45) is 5.47. The van der Waals surface area contributed by atoms with Gasteiger partial charge in [-0.15, -0.1) is 0 Å². The number of rotatable bonds is 7. The maximum absolute atomic E-state index is 5.55. The fraction of sp³-hybridized carbons (Fsp3) is 1.00. The van der Waals surface area contributed by atoms with Crippen molar-refractivity contribution in [3.63, 3.8) is 0 Å². The zero-order valence-corrected chi connectivity index (χ0v) is 9.59. The van der Waals surface area contributed by atoms with Gasteiger partial charge < -0.3 is 15.0 Å². The van der Waals surface area contributed by atoms with Crippen LogP contribution in [0.25, 0.3) is 0 Å². The van der Waals surface area contributed by atoms with E-state index in [2.05, 4.69) is 24.3 Å². The van der Waals surface area contributed by atoms with Gasteiger partial charge in [-0.05, 0) is 59.4 Å². The molecule has 1 atom stereocenters. The van der Waals surface area contributed by atoms with Crippen LogP contribution in [-0.4, -0.2) is 51.3 Å². The molecule has 0 radical (unpaired) electrons. The van der Waals surface area contributed by atoms with E-state index in [-0.39, 0.29) is 0 Å². The Kier molecular flexibility index (Phi) is 6.15. The van der Waals surface area contributed by atoms with Crippen LogP contribution in [0.5, 0.6) is 0 Å². The van der Waals surface area contributed by atoms with E-state index in [4.69, 9.17) is 4.74 Å². The number of hydrogen-bond acceptors (Lipinski definition) is 3. The molecule has 0 aromatic heterocycles. The van der Waals surface area contributed by atoms with Crippen LogP contribution in [-0.2, 0) is 4.74 Å². The molecule has 0 aromatic rings. The third kappa shape index (κ3) is 5.58. The van der Waals surface area contributed by atoms with E-state index in [1.54, 1.807) is 0 Å². The van der Waals surface area contributed by atoms with Crippen molar-refractivity contribution in [1.29, 1.82) is 0 Å². The van der Waals surface area contributed by atoms with Gasteiger partial charge in [0, 0.05) is 6.61 Å². The molecule has 1 aliphatic rings. The van der Waals surface area contributed by atoms with Crippen molar-refractivity contribution >= 4 is 0 Å². The summed E-state index contributed by atoms with van der Waals surface area (Å²) in [4.78, 5) is 2.22. The van der Waals surface area contributed by atoms with Gasteiger partial charge in [-0.1, -0.05) is 0 Å². The summed E-state index contributed by atoms with van der Waals surface area (Å²) < 4.78 is 5.55. The first kappa shape index (κ1) is 12.0. The van der Waals surface area contributed by atoms with Gasteiger partial charge in [-0.3, -0.25) is 0 Å². The molecule has 0 aliphatic carbocycles. The van der Waals surface area contributed by atoms with Crippen LogP contribution in [0.15, 0.2) is 0 Å². The SMILES string of the molecule is CN(C)CCCNCCC1CCCO1. The van der Waals surface area contributed by atoms with Gasteiger partial charge in [0.1, 0.15) is 0 Å². The maximum atomic E-state index is 5.55. The lowest BCUT2D eigenvalue weighted by atomic mass is 10.2. The highest BCUT2D eigenvalue weighted by Gasteiger charge is 2.13. The zero-order chi connectivity index (χ0) is 10.2.